The first-order valence-electron chi connectivity index (χ1n) is 13.7. The first-order valence-corrected chi connectivity index (χ1v) is 13.7. The van der Waals surface area contributed by atoms with Crippen molar-refractivity contribution in [2.24, 2.45) is 11.7 Å². The van der Waals surface area contributed by atoms with Crippen LogP contribution in [0.3, 0.4) is 0 Å². The molecule has 42 heavy (non-hydrogen) atoms. The number of nitrogens with one attached hydrogen (secondary N) is 1. The Bertz CT molecular complexity index is 1520. The molecule has 1 amide bonds. The molecule has 7 nitrogen and oxygen atoms in total. The molecule has 0 radical (unpaired) electrons. The molecule has 0 saturated heterocycles. The van der Waals surface area contributed by atoms with Crippen molar-refractivity contribution in [3.63, 3.8) is 0 Å². The SMILES string of the molecule is CN.Fc1cccc(C2CCCc3ncccc3C2F)c1F.O=Cc1cnc2c(c1)CC(C(=O)Nc1ccccn1)C2. The number of nitrogens with zero attached hydrogens (tertiary/aromatic N) is 3. The molecule has 0 aliphatic heterocycles. The van der Waals surface area contributed by atoms with Gasteiger partial charge in [0.2, 0.25) is 5.91 Å². The minimum Gasteiger partial charge on any atom is -0.333 e. The maximum Gasteiger partial charge on any atom is 0.229 e. The Morgan fingerprint density at radius 3 is 2.50 bits per heavy atom. The number of pyridine rings is 3. The number of carbonyl (C=O) groups is 2. The highest BCUT2D eigenvalue weighted by molar-refractivity contribution is 5.92. The second kappa shape index (κ2) is 14.5. The Hall–Kier alpha value is -4.44. The van der Waals surface area contributed by atoms with Crippen LogP contribution in [-0.4, -0.2) is 34.2 Å². The molecule has 218 valence electrons. The number of hydrogen-bond donors (Lipinski definition) is 2. The average molecular weight is 576 g/mol. The fourth-order valence-corrected chi connectivity index (χ4v) is 5.29. The molecule has 3 atom stereocenters. The van der Waals surface area contributed by atoms with E-state index >= 15 is 0 Å². The van der Waals surface area contributed by atoms with Crippen LogP contribution in [-0.2, 0) is 24.1 Å². The minimum absolute atomic E-state index is 0.0608. The average Bonchev–Trinajstić information content (AvgIpc) is 3.39. The zero-order valence-electron chi connectivity index (χ0n) is 23.1. The minimum atomic E-state index is -1.35. The molecule has 0 saturated carbocycles. The van der Waals surface area contributed by atoms with Gasteiger partial charge in [-0.2, -0.15) is 0 Å². The van der Waals surface area contributed by atoms with Crippen LogP contribution in [0, 0.1) is 17.6 Å². The summed E-state index contributed by atoms with van der Waals surface area (Å²) in [6.07, 6.45) is 7.32. The van der Waals surface area contributed by atoms with Crippen molar-refractivity contribution in [2.75, 3.05) is 12.4 Å². The number of fused-ring (bicyclic) bond motifs is 2. The van der Waals surface area contributed by atoms with Crippen molar-refractivity contribution in [1.29, 1.82) is 0 Å². The van der Waals surface area contributed by atoms with Crippen LogP contribution in [0.25, 0.3) is 0 Å². The normalized spacial score (nSPS) is 18.5. The molecular formula is C32H32F3N5O2. The smallest absolute Gasteiger partial charge is 0.229 e. The summed E-state index contributed by atoms with van der Waals surface area (Å²) in [5.41, 5.74) is 8.27. The zero-order chi connectivity index (χ0) is 30.1. The van der Waals surface area contributed by atoms with Crippen LogP contribution in [0.2, 0.25) is 0 Å². The van der Waals surface area contributed by atoms with Gasteiger partial charge in [-0.1, -0.05) is 24.3 Å². The summed E-state index contributed by atoms with van der Waals surface area (Å²) in [5, 5.41) is 2.80. The summed E-state index contributed by atoms with van der Waals surface area (Å²) >= 11 is 0. The maximum atomic E-state index is 14.8. The molecule has 1 aromatic carbocycles. The highest BCUT2D eigenvalue weighted by atomic mass is 19.2. The predicted octanol–water partition coefficient (Wildman–Crippen LogP) is 5.71. The topological polar surface area (TPSA) is 111 Å². The van der Waals surface area contributed by atoms with E-state index in [1.165, 1.54) is 19.2 Å². The summed E-state index contributed by atoms with van der Waals surface area (Å²) < 4.78 is 42.0. The summed E-state index contributed by atoms with van der Waals surface area (Å²) in [4.78, 5) is 35.4. The van der Waals surface area contributed by atoms with Gasteiger partial charge in [0.1, 0.15) is 12.0 Å². The van der Waals surface area contributed by atoms with Crippen LogP contribution in [0.5, 0.6) is 0 Å². The Morgan fingerprint density at radius 2 is 1.74 bits per heavy atom. The molecule has 0 spiro atoms. The number of carbonyl (C=O) groups excluding carboxylic acids is 2. The van der Waals surface area contributed by atoms with E-state index in [1.54, 1.807) is 42.9 Å². The largest absolute Gasteiger partial charge is 0.333 e. The molecule has 0 bridgehead atoms. The monoisotopic (exact) mass is 575 g/mol. The van der Waals surface area contributed by atoms with E-state index < -0.39 is 23.7 Å². The summed E-state index contributed by atoms with van der Waals surface area (Å²) in [5.74, 6) is -2.18. The molecule has 0 fully saturated rings. The molecule has 3 N–H and O–H groups in total. The van der Waals surface area contributed by atoms with E-state index in [0.717, 1.165) is 29.3 Å². The van der Waals surface area contributed by atoms with Crippen LogP contribution < -0.4 is 11.1 Å². The second-order valence-corrected chi connectivity index (χ2v) is 9.88. The number of nitrogens with two attached hydrogens (primary N) is 1. The molecule has 2 aliphatic rings. The Kier molecular flexibility index (Phi) is 10.5. The Labute approximate surface area is 242 Å². The number of halogens is 3. The number of amides is 1. The highest BCUT2D eigenvalue weighted by Gasteiger charge is 2.32. The lowest BCUT2D eigenvalue weighted by Crippen LogP contribution is -2.23. The Morgan fingerprint density at radius 1 is 0.952 bits per heavy atom. The fraction of sp³-hybridized carbons (Fsp3) is 0.281. The van der Waals surface area contributed by atoms with Gasteiger partial charge in [0.25, 0.3) is 0 Å². The number of aldehydes is 1. The van der Waals surface area contributed by atoms with Crippen LogP contribution in [0.1, 0.15) is 63.4 Å². The van der Waals surface area contributed by atoms with Crippen molar-refractivity contribution >= 4 is 18.0 Å². The van der Waals surface area contributed by atoms with E-state index in [-0.39, 0.29) is 17.4 Å². The van der Waals surface area contributed by atoms with E-state index in [0.29, 0.717) is 49.0 Å². The van der Waals surface area contributed by atoms with E-state index in [9.17, 15) is 22.8 Å². The quantitative estimate of drug-likeness (QED) is 0.238. The lowest BCUT2D eigenvalue weighted by Gasteiger charge is -2.20. The number of rotatable bonds is 4. The molecular weight excluding hydrogens is 543 g/mol. The number of hydrogen-bond acceptors (Lipinski definition) is 6. The van der Waals surface area contributed by atoms with E-state index in [1.807, 2.05) is 12.1 Å². The number of aryl methyl sites for hydroxylation is 1. The molecule has 3 aromatic heterocycles. The van der Waals surface area contributed by atoms with Gasteiger partial charge in [0.15, 0.2) is 17.9 Å². The highest BCUT2D eigenvalue weighted by Crippen LogP contribution is 2.42. The number of benzene rings is 1. The maximum absolute atomic E-state index is 14.8. The third kappa shape index (κ3) is 7.06. The summed E-state index contributed by atoms with van der Waals surface area (Å²) in [6, 6.07) is 14.5. The lowest BCUT2D eigenvalue weighted by atomic mass is 9.88. The van der Waals surface area contributed by atoms with Gasteiger partial charge in [-0.15, -0.1) is 0 Å². The molecule has 6 rings (SSSR count). The second-order valence-electron chi connectivity index (χ2n) is 9.88. The molecule has 3 unspecified atom stereocenters. The molecule has 3 heterocycles. The van der Waals surface area contributed by atoms with Crippen LogP contribution in [0.4, 0.5) is 19.0 Å². The summed E-state index contributed by atoms with van der Waals surface area (Å²) in [6.45, 7) is 0. The van der Waals surface area contributed by atoms with Crippen molar-refractivity contribution in [2.45, 2.75) is 44.2 Å². The first-order chi connectivity index (χ1) is 20.4. The van der Waals surface area contributed by atoms with E-state index in [2.05, 4.69) is 26.0 Å². The fourth-order valence-electron chi connectivity index (χ4n) is 5.29. The lowest BCUT2D eigenvalue weighted by molar-refractivity contribution is -0.119. The zero-order valence-corrected chi connectivity index (χ0v) is 23.1. The van der Waals surface area contributed by atoms with E-state index in [4.69, 9.17) is 0 Å². The predicted molar refractivity (Wildman–Crippen MR) is 154 cm³/mol. The third-order valence-corrected chi connectivity index (χ3v) is 7.30. The third-order valence-electron chi connectivity index (χ3n) is 7.30. The molecule has 2 aliphatic carbocycles. The standard InChI is InChI=1S/C16H14F3N.C15H13N3O2.CH5N/c17-13-7-1-4-11(16(13)19)10-5-2-8-14-12(15(10)18)6-3-9-20-14;19-9-10-5-11-6-12(7-13(11)17-8-10)15(20)18-14-3-1-2-4-16-14;1-2/h1,3-4,6-7,9-10,15H,2,5,8H2;1-5,8-9,12H,6-7H2,(H,16,18,20);2H2,1H3. The van der Waals surface area contributed by atoms with Gasteiger partial charge >= 0.3 is 0 Å². The van der Waals surface area contributed by atoms with Gasteiger partial charge in [-0.25, -0.2) is 18.2 Å². The molecule has 4 aromatic rings. The van der Waals surface area contributed by atoms with Gasteiger partial charge < -0.3 is 11.1 Å². The van der Waals surface area contributed by atoms with Crippen molar-refractivity contribution < 1.29 is 22.8 Å². The van der Waals surface area contributed by atoms with Crippen LogP contribution >= 0.6 is 0 Å². The van der Waals surface area contributed by atoms with Crippen molar-refractivity contribution in [3.05, 3.63) is 118 Å². The first kappa shape index (κ1) is 30.5. The van der Waals surface area contributed by atoms with Crippen molar-refractivity contribution in [1.82, 2.24) is 15.0 Å². The molecule has 10 heteroatoms. The number of anilines is 1. The van der Waals surface area contributed by atoms with Gasteiger partial charge in [0.05, 0.1) is 0 Å². The van der Waals surface area contributed by atoms with Gasteiger partial charge in [0, 0.05) is 59.4 Å². The van der Waals surface area contributed by atoms with Crippen LogP contribution in [0.15, 0.2) is 73.2 Å². The number of aromatic nitrogens is 3. The van der Waals surface area contributed by atoms with Crippen molar-refractivity contribution in [3.8, 4) is 0 Å². The van der Waals surface area contributed by atoms with Gasteiger partial charge in [-0.05, 0) is 74.2 Å². The van der Waals surface area contributed by atoms with Gasteiger partial charge in [-0.3, -0.25) is 19.6 Å². The summed E-state index contributed by atoms with van der Waals surface area (Å²) in [7, 11) is 1.50. The number of alkyl halides is 1. The Balaban J connectivity index is 0.000000182.